The van der Waals surface area contributed by atoms with E-state index in [1.165, 1.54) is 5.56 Å². The van der Waals surface area contributed by atoms with Crippen LogP contribution in [0.1, 0.15) is 64.4 Å². The Morgan fingerprint density at radius 3 is 2.39 bits per heavy atom. The van der Waals surface area contributed by atoms with Crippen LogP contribution >= 0.6 is 0 Å². The van der Waals surface area contributed by atoms with Crippen LogP contribution in [0.25, 0.3) is 0 Å². The highest BCUT2D eigenvalue weighted by molar-refractivity contribution is 6.09. The van der Waals surface area contributed by atoms with Gasteiger partial charge in [0.15, 0.2) is 0 Å². The number of benzene rings is 1. The Hall–Kier alpha value is -2.37. The number of hydrogen-bond acceptors (Lipinski definition) is 3. The summed E-state index contributed by atoms with van der Waals surface area (Å²) in [5, 5.41) is 5.86. The molecular weight excluding hydrogens is 354 g/mol. The molecule has 28 heavy (non-hydrogen) atoms. The monoisotopic (exact) mass is 385 g/mol. The molecule has 0 unspecified atom stereocenters. The van der Waals surface area contributed by atoms with E-state index >= 15 is 0 Å². The molecule has 1 spiro atoms. The summed E-state index contributed by atoms with van der Waals surface area (Å²) in [6.45, 7) is 3.58. The summed E-state index contributed by atoms with van der Waals surface area (Å²) in [6, 6.07) is 8.83. The van der Waals surface area contributed by atoms with Crippen LogP contribution in [0.4, 0.5) is 4.79 Å². The van der Waals surface area contributed by atoms with Crippen molar-refractivity contribution in [2.24, 2.45) is 0 Å². The number of carbonyl (C=O) groups is 3. The normalized spacial score (nSPS) is 21.1. The van der Waals surface area contributed by atoms with Crippen molar-refractivity contribution in [3.05, 3.63) is 35.9 Å². The lowest BCUT2D eigenvalue weighted by Gasteiger charge is -2.27. The Morgan fingerprint density at radius 2 is 1.75 bits per heavy atom. The summed E-state index contributed by atoms with van der Waals surface area (Å²) in [5.41, 5.74) is 0.419. The maximum absolute atomic E-state index is 13.1. The largest absolute Gasteiger partial charge is 0.352 e. The Balaban J connectivity index is 1.57. The first-order valence-electron chi connectivity index (χ1n) is 10.4. The molecule has 0 bridgehead atoms. The molecule has 2 N–H and O–H groups in total. The van der Waals surface area contributed by atoms with Crippen LogP contribution in [0.5, 0.6) is 0 Å². The van der Waals surface area contributed by atoms with Crippen LogP contribution in [0.15, 0.2) is 30.3 Å². The fraction of sp³-hybridized carbons (Fsp3) is 0.591. The summed E-state index contributed by atoms with van der Waals surface area (Å²) in [7, 11) is 0. The first-order valence-corrected chi connectivity index (χ1v) is 10.4. The van der Waals surface area contributed by atoms with Crippen LogP contribution in [0, 0.1) is 0 Å². The zero-order valence-electron chi connectivity index (χ0n) is 16.9. The van der Waals surface area contributed by atoms with Crippen molar-refractivity contribution < 1.29 is 14.4 Å². The Bertz CT molecular complexity index is 711. The zero-order valence-corrected chi connectivity index (χ0v) is 16.9. The van der Waals surface area contributed by atoms with Crippen molar-refractivity contribution in [2.45, 2.75) is 82.8 Å². The number of urea groups is 1. The second-order valence-electron chi connectivity index (χ2n) is 8.21. The van der Waals surface area contributed by atoms with Crippen molar-refractivity contribution in [2.75, 3.05) is 0 Å². The van der Waals surface area contributed by atoms with Crippen molar-refractivity contribution in [3.63, 3.8) is 0 Å². The van der Waals surface area contributed by atoms with Gasteiger partial charge in [0.05, 0.1) is 0 Å². The van der Waals surface area contributed by atoms with E-state index in [2.05, 4.69) is 22.8 Å². The van der Waals surface area contributed by atoms with Crippen molar-refractivity contribution in [1.29, 1.82) is 0 Å². The van der Waals surface area contributed by atoms with Gasteiger partial charge in [-0.05, 0) is 45.1 Å². The molecule has 0 aromatic heterocycles. The molecule has 3 rings (SSSR count). The van der Waals surface area contributed by atoms with E-state index in [1.807, 2.05) is 25.1 Å². The van der Waals surface area contributed by atoms with E-state index in [9.17, 15) is 14.4 Å². The van der Waals surface area contributed by atoms with Crippen LogP contribution in [0.2, 0.25) is 0 Å². The molecule has 1 aliphatic carbocycles. The Kier molecular flexibility index (Phi) is 6.37. The molecule has 4 amide bonds. The second-order valence-corrected chi connectivity index (χ2v) is 8.21. The van der Waals surface area contributed by atoms with E-state index in [-0.39, 0.29) is 17.9 Å². The van der Waals surface area contributed by atoms with Crippen molar-refractivity contribution in [3.8, 4) is 0 Å². The molecule has 1 heterocycles. The minimum Gasteiger partial charge on any atom is -0.352 e. The summed E-state index contributed by atoms with van der Waals surface area (Å²) in [6.07, 6.45) is 7.01. The topological polar surface area (TPSA) is 78.5 Å². The third-order valence-electron chi connectivity index (χ3n) is 6.01. The molecule has 1 aromatic rings. The molecule has 2 aliphatic rings. The van der Waals surface area contributed by atoms with E-state index in [0.717, 1.165) is 43.4 Å². The van der Waals surface area contributed by atoms with Gasteiger partial charge in [-0.2, -0.15) is 0 Å². The molecule has 0 radical (unpaired) electrons. The molecule has 1 saturated heterocycles. The smallest absolute Gasteiger partial charge is 0.325 e. The van der Waals surface area contributed by atoms with Gasteiger partial charge in [0.2, 0.25) is 5.91 Å². The highest BCUT2D eigenvalue weighted by Gasteiger charge is 2.53. The molecular formula is C22H31N3O3. The fourth-order valence-corrected chi connectivity index (χ4v) is 4.24. The van der Waals surface area contributed by atoms with Gasteiger partial charge in [-0.1, -0.05) is 56.0 Å². The van der Waals surface area contributed by atoms with Gasteiger partial charge >= 0.3 is 6.03 Å². The van der Waals surface area contributed by atoms with E-state index in [0.29, 0.717) is 12.8 Å². The maximum atomic E-state index is 13.1. The molecule has 6 nitrogen and oxygen atoms in total. The predicted molar refractivity (Wildman–Crippen MR) is 108 cm³/mol. The molecule has 1 saturated carbocycles. The summed E-state index contributed by atoms with van der Waals surface area (Å²) in [5.74, 6) is -0.520. The summed E-state index contributed by atoms with van der Waals surface area (Å²) < 4.78 is 0. The van der Waals surface area contributed by atoms with Gasteiger partial charge < -0.3 is 10.6 Å². The highest BCUT2D eigenvalue weighted by Crippen LogP contribution is 2.33. The van der Waals surface area contributed by atoms with Gasteiger partial charge in [-0.3, -0.25) is 9.59 Å². The first-order chi connectivity index (χ1) is 13.4. The van der Waals surface area contributed by atoms with Gasteiger partial charge in [0.1, 0.15) is 11.6 Å². The Morgan fingerprint density at radius 1 is 1.11 bits per heavy atom. The van der Waals surface area contributed by atoms with Gasteiger partial charge in [-0.25, -0.2) is 9.69 Å². The standard InChI is InChI=1S/C22H31N3O3/c1-16(12-13-18-10-6-5-7-11-18)23-19(26)17(2)25-20(27)22(24-21(25)28)14-8-3-4-9-15-22/h5-7,10-11,16-17H,3-4,8-9,12-15H2,1-2H3,(H,23,26)(H,24,28)/t16-,17+/m1/s1. The number of nitrogens with one attached hydrogen (secondary N) is 2. The second kappa shape index (κ2) is 8.76. The molecule has 1 aliphatic heterocycles. The van der Waals surface area contributed by atoms with E-state index in [4.69, 9.17) is 0 Å². The number of nitrogens with zero attached hydrogens (tertiary/aromatic N) is 1. The van der Waals surface area contributed by atoms with Gasteiger partial charge in [0.25, 0.3) is 5.91 Å². The third-order valence-corrected chi connectivity index (χ3v) is 6.01. The molecule has 6 heteroatoms. The van der Waals surface area contributed by atoms with Crippen molar-refractivity contribution >= 4 is 17.8 Å². The lowest BCUT2D eigenvalue weighted by atomic mass is 9.90. The lowest BCUT2D eigenvalue weighted by molar-refractivity contribution is -0.138. The number of imide groups is 1. The minimum atomic E-state index is -0.811. The highest BCUT2D eigenvalue weighted by atomic mass is 16.2. The average Bonchev–Trinajstić information content (AvgIpc) is 2.83. The van der Waals surface area contributed by atoms with Gasteiger partial charge in [0, 0.05) is 6.04 Å². The minimum absolute atomic E-state index is 0.0391. The van der Waals surface area contributed by atoms with E-state index in [1.54, 1.807) is 6.92 Å². The predicted octanol–water partition coefficient (Wildman–Crippen LogP) is 3.16. The third kappa shape index (κ3) is 4.37. The number of carbonyl (C=O) groups excluding carboxylic acids is 3. The Labute approximate surface area is 167 Å². The number of hydrogen-bond donors (Lipinski definition) is 2. The maximum Gasteiger partial charge on any atom is 0.325 e. The van der Waals surface area contributed by atoms with Crippen LogP contribution in [0.3, 0.4) is 0 Å². The quantitative estimate of drug-likeness (QED) is 0.739. The van der Waals surface area contributed by atoms with Crippen LogP contribution in [-0.4, -0.2) is 40.4 Å². The molecule has 152 valence electrons. The van der Waals surface area contributed by atoms with Crippen LogP contribution < -0.4 is 10.6 Å². The summed E-state index contributed by atoms with van der Waals surface area (Å²) >= 11 is 0. The molecule has 2 atom stereocenters. The molecule has 2 fully saturated rings. The zero-order chi connectivity index (χ0) is 20.1. The van der Waals surface area contributed by atoms with Crippen molar-refractivity contribution in [1.82, 2.24) is 15.5 Å². The number of aryl methyl sites for hydroxylation is 1. The number of rotatable bonds is 6. The van der Waals surface area contributed by atoms with Gasteiger partial charge in [-0.15, -0.1) is 0 Å². The van der Waals surface area contributed by atoms with Crippen LogP contribution in [-0.2, 0) is 16.0 Å². The SMILES string of the molecule is C[C@H](CCc1ccccc1)NC(=O)[C@H](C)N1C(=O)NC2(CCCCCC2)C1=O. The average molecular weight is 386 g/mol. The van der Waals surface area contributed by atoms with E-state index < -0.39 is 17.6 Å². The summed E-state index contributed by atoms with van der Waals surface area (Å²) in [4.78, 5) is 39.4. The molecule has 1 aromatic carbocycles. The fourth-order valence-electron chi connectivity index (χ4n) is 4.24. The first kappa shape index (κ1) is 20.4. The number of amides is 4. The lowest BCUT2D eigenvalue weighted by Crippen LogP contribution is -2.51.